The first-order valence-electron chi connectivity index (χ1n) is 10.4. The lowest BCUT2D eigenvalue weighted by Crippen LogP contribution is -2.30. The molecule has 1 atom stereocenters. The summed E-state index contributed by atoms with van der Waals surface area (Å²) in [6, 6.07) is 24.1. The Hall–Kier alpha value is -3.58. The van der Waals surface area contributed by atoms with Crippen LogP contribution >= 0.6 is 11.8 Å². The van der Waals surface area contributed by atoms with Crippen molar-refractivity contribution in [2.45, 2.75) is 17.9 Å². The van der Waals surface area contributed by atoms with E-state index in [0.29, 0.717) is 16.1 Å². The SMILES string of the molecule is CC(OC(=O)c1ccccc1SCC(=O)N(C)C)C(=O)Nc1ccccc1-c1ccccc1. The second kappa shape index (κ2) is 11.3. The van der Waals surface area contributed by atoms with Crippen LogP contribution in [0, 0.1) is 0 Å². The van der Waals surface area contributed by atoms with E-state index >= 15 is 0 Å². The molecule has 2 amide bonds. The van der Waals surface area contributed by atoms with Gasteiger partial charge in [0.25, 0.3) is 5.91 Å². The highest BCUT2D eigenvalue weighted by Gasteiger charge is 2.22. The van der Waals surface area contributed by atoms with Crippen LogP contribution in [0.1, 0.15) is 17.3 Å². The number of hydrogen-bond acceptors (Lipinski definition) is 5. The van der Waals surface area contributed by atoms with Crippen LogP contribution in [0.25, 0.3) is 11.1 Å². The summed E-state index contributed by atoms with van der Waals surface area (Å²) in [4.78, 5) is 39.6. The highest BCUT2D eigenvalue weighted by molar-refractivity contribution is 8.00. The van der Waals surface area contributed by atoms with Gasteiger partial charge in [-0.3, -0.25) is 9.59 Å². The zero-order valence-corrected chi connectivity index (χ0v) is 19.6. The third-order valence-electron chi connectivity index (χ3n) is 4.88. The van der Waals surface area contributed by atoms with Crippen molar-refractivity contribution in [2.75, 3.05) is 25.2 Å². The Morgan fingerprint density at radius 1 is 0.909 bits per heavy atom. The summed E-state index contributed by atoms with van der Waals surface area (Å²) in [6.45, 7) is 1.53. The second-order valence-corrected chi connectivity index (χ2v) is 8.54. The second-order valence-electron chi connectivity index (χ2n) is 7.52. The van der Waals surface area contributed by atoms with Crippen LogP contribution in [0.2, 0.25) is 0 Å². The molecule has 170 valence electrons. The minimum absolute atomic E-state index is 0.0620. The Balaban J connectivity index is 1.68. The number of nitrogens with zero attached hydrogens (tertiary/aromatic N) is 1. The van der Waals surface area contributed by atoms with E-state index in [-0.39, 0.29) is 11.7 Å². The molecular weight excluding hydrogens is 436 g/mol. The summed E-state index contributed by atoms with van der Waals surface area (Å²) in [6.07, 6.45) is -1.01. The minimum atomic E-state index is -1.01. The molecular formula is C26H26N2O4S. The van der Waals surface area contributed by atoms with Gasteiger partial charge in [-0.15, -0.1) is 11.8 Å². The lowest BCUT2D eigenvalue weighted by Gasteiger charge is -2.17. The molecule has 3 aromatic carbocycles. The van der Waals surface area contributed by atoms with Crippen LogP contribution in [0.5, 0.6) is 0 Å². The summed E-state index contributed by atoms with van der Waals surface area (Å²) < 4.78 is 5.45. The topological polar surface area (TPSA) is 75.7 Å². The molecule has 0 aliphatic rings. The van der Waals surface area contributed by atoms with Crippen LogP contribution in [0.15, 0.2) is 83.8 Å². The smallest absolute Gasteiger partial charge is 0.340 e. The van der Waals surface area contributed by atoms with Gasteiger partial charge in [0.2, 0.25) is 5.91 Å². The Morgan fingerprint density at radius 2 is 1.55 bits per heavy atom. The van der Waals surface area contributed by atoms with Gasteiger partial charge in [0.1, 0.15) is 0 Å². The zero-order valence-electron chi connectivity index (χ0n) is 18.8. The predicted molar refractivity (Wildman–Crippen MR) is 131 cm³/mol. The quantitative estimate of drug-likeness (QED) is 0.387. The molecule has 3 aromatic rings. The van der Waals surface area contributed by atoms with Crippen molar-refractivity contribution >= 4 is 35.2 Å². The van der Waals surface area contributed by atoms with Gasteiger partial charge < -0.3 is 15.0 Å². The number of ether oxygens (including phenoxy) is 1. The van der Waals surface area contributed by atoms with E-state index in [0.717, 1.165) is 11.1 Å². The van der Waals surface area contributed by atoms with Gasteiger partial charge in [0.05, 0.1) is 11.3 Å². The highest BCUT2D eigenvalue weighted by atomic mass is 32.2. The first-order chi connectivity index (χ1) is 15.9. The first-order valence-corrected chi connectivity index (χ1v) is 11.4. The summed E-state index contributed by atoms with van der Waals surface area (Å²) in [5, 5.41) is 2.86. The summed E-state index contributed by atoms with van der Waals surface area (Å²) >= 11 is 1.26. The van der Waals surface area contributed by atoms with Crippen molar-refractivity contribution in [2.24, 2.45) is 0 Å². The molecule has 0 saturated carbocycles. The number of anilines is 1. The molecule has 1 unspecified atom stereocenters. The summed E-state index contributed by atoms with van der Waals surface area (Å²) in [5.74, 6) is -0.911. The third kappa shape index (κ3) is 6.46. The van der Waals surface area contributed by atoms with E-state index in [9.17, 15) is 14.4 Å². The molecule has 1 N–H and O–H groups in total. The number of nitrogens with one attached hydrogen (secondary N) is 1. The van der Waals surface area contributed by atoms with E-state index < -0.39 is 18.0 Å². The van der Waals surface area contributed by atoms with E-state index in [2.05, 4.69) is 5.32 Å². The van der Waals surface area contributed by atoms with Crippen molar-refractivity contribution in [3.8, 4) is 11.1 Å². The molecule has 0 radical (unpaired) electrons. The summed E-state index contributed by atoms with van der Waals surface area (Å²) in [5.41, 5.74) is 2.79. The fourth-order valence-electron chi connectivity index (χ4n) is 3.00. The molecule has 0 bridgehead atoms. The van der Waals surface area contributed by atoms with Crippen molar-refractivity contribution < 1.29 is 19.1 Å². The molecule has 0 aliphatic heterocycles. The van der Waals surface area contributed by atoms with Gasteiger partial charge in [-0.25, -0.2) is 4.79 Å². The zero-order chi connectivity index (χ0) is 23.8. The molecule has 33 heavy (non-hydrogen) atoms. The molecule has 0 spiro atoms. The van der Waals surface area contributed by atoms with Crippen LogP contribution in [-0.4, -0.2) is 48.6 Å². The molecule has 0 aromatic heterocycles. The fourth-order valence-corrected chi connectivity index (χ4v) is 4.02. The molecule has 3 rings (SSSR count). The van der Waals surface area contributed by atoms with E-state index in [4.69, 9.17) is 4.74 Å². The number of amides is 2. The van der Waals surface area contributed by atoms with Gasteiger partial charge in [-0.2, -0.15) is 0 Å². The third-order valence-corrected chi connectivity index (χ3v) is 5.94. The van der Waals surface area contributed by atoms with Crippen LogP contribution in [-0.2, 0) is 14.3 Å². The normalized spacial score (nSPS) is 11.4. The standard InChI is InChI=1S/C26H26N2O4S/c1-18(25(30)27-22-15-9-7-13-20(22)19-11-5-4-6-12-19)32-26(31)21-14-8-10-16-23(21)33-17-24(29)28(2)3/h4-16,18H,17H2,1-3H3,(H,27,30). The molecule has 0 saturated heterocycles. The Labute approximate surface area is 197 Å². The lowest BCUT2D eigenvalue weighted by molar-refractivity contribution is -0.126. The largest absolute Gasteiger partial charge is 0.449 e. The molecule has 0 aliphatic carbocycles. The van der Waals surface area contributed by atoms with Crippen LogP contribution in [0.4, 0.5) is 5.69 Å². The van der Waals surface area contributed by atoms with Gasteiger partial charge in [-0.1, -0.05) is 60.7 Å². The van der Waals surface area contributed by atoms with Crippen LogP contribution < -0.4 is 5.32 Å². The molecule has 6 nitrogen and oxygen atoms in total. The molecule has 7 heteroatoms. The van der Waals surface area contributed by atoms with Gasteiger partial charge >= 0.3 is 5.97 Å². The Kier molecular flexibility index (Phi) is 8.27. The number of benzene rings is 3. The first kappa shape index (κ1) is 24.1. The maximum atomic E-state index is 12.8. The average Bonchev–Trinajstić information content (AvgIpc) is 2.83. The minimum Gasteiger partial charge on any atom is -0.449 e. The van der Waals surface area contributed by atoms with Crippen molar-refractivity contribution in [3.63, 3.8) is 0 Å². The van der Waals surface area contributed by atoms with Gasteiger partial charge in [0.15, 0.2) is 6.10 Å². The lowest BCUT2D eigenvalue weighted by atomic mass is 10.0. The number of esters is 1. The van der Waals surface area contributed by atoms with Crippen molar-refractivity contribution in [3.05, 3.63) is 84.4 Å². The number of para-hydroxylation sites is 1. The number of carbonyl (C=O) groups excluding carboxylic acids is 3. The number of carbonyl (C=O) groups is 3. The molecule has 0 fully saturated rings. The Morgan fingerprint density at radius 3 is 2.27 bits per heavy atom. The number of thioether (sulfide) groups is 1. The highest BCUT2D eigenvalue weighted by Crippen LogP contribution is 2.28. The maximum Gasteiger partial charge on any atom is 0.340 e. The van der Waals surface area contributed by atoms with Crippen molar-refractivity contribution in [1.82, 2.24) is 4.90 Å². The Bertz CT molecular complexity index is 1130. The van der Waals surface area contributed by atoms with E-state index in [1.807, 2.05) is 54.6 Å². The summed E-state index contributed by atoms with van der Waals surface area (Å²) in [7, 11) is 3.36. The monoisotopic (exact) mass is 462 g/mol. The van der Waals surface area contributed by atoms with Crippen molar-refractivity contribution in [1.29, 1.82) is 0 Å². The fraction of sp³-hybridized carbons (Fsp3) is 0.192. The number of hydrogen-bond donors (Lipinski definition) is 1. The maximum absolute atomic E-state index is 12.8. The molecule has 0 heterocycles. The predicted octanol–water partition coefficient (Wildman–Crippen LogP) is 4.72. The number of rotatable bonds is 8. The van der Waals surface area contributed by atoms with Crippen LogP contribution in [0.3, 0.4) is 0 Å². The van der Waals surface area contributed by atoms with Gasteiger partial charge in [0, 0.05) is 30.2 Å². The van der Waals surface area contributed by atoms with E-state index in [1.165, 1.54) is 23.6 Å². The average molecular weight is 463 g/mol. The van der Waals surface area contributed by atoms with E-state index in [1.54, 1.807) is 38.4 Å². The van der Waals surface area contributed by atoms with Gasteiger partial charge in [-0.05, 0) is 30.7 Å².